The maximum Gasteiger partial charge on any atom is 0.140 e. The smallest absolute Gasteiger partial charge is 0.140 e. The molecule has 2 nitrogen and oxygen atoms in total. The van der Waals surface area contributed by atoms with Gasteiger partial charge in [0.25, 0.3) is 0 Å². The number of nitrogens with zero attached hydrogens (tertiary/aromatic N) is 2. The van der Waals surface area contributed by atoms with Crippen LogP contribution in [0.1, 0.15) is 41.0 Å². The fourth-order valence-electron chi connectivity index (χ4n) is 0.720. The summed E-state index contributed by atoms with van der Waals surface area (Å²) >= 11 is 8.08. The lowest BCUT2D eigenvalue weighted by atomic mass is 10.5. The minimum absolute atomic E-state index is 0.606. The summed E-state index contributed by atoms with van der Waals surface area (Å²) in [4.78, 5) is 4.29. The molecule has 0 bridgehead atoms. The van der Waals surface area contributed by atoms with Crippen LogP contribution in [0.5, 0.6) is 0 Å². The van der Waals surface area contributed by atoms with Gasteiger partial charge in [0.05, 0.1) is 0 Å². The van der Waals surface area contributed by atoms with Gasteiger partial charge in [-0.2, -0.15) is 0 Å². The third-order valence-corrected chi connectivity index (χ3v) is 3.58. The highest BCUT2D eigenvalue weighted by Gasteiger charge is 2.08. The van der Waals surface area contributed by atoms with Gasteiger partial charge < -0.3 is 0 Å². The van der Waals surface area contributed by atoms with Gasteiger partial charge in [-0.3, -0.25) is 4.31 Å². The lowest BCUT2D eigenvalue weighted by Crippen LogP contribution is -2.09. The highest BCUT2D eigenvalue weighted by molar-refractivity contribution is 14.2. The summed E-state index contributed by atoms with van der Waals surface area (Å²) in [6.45, 7) is 13.7. The lowest BCUT2D eigenvalue weighted by Gasteiger charge is -2.19. The molecule has 0 spiro atoms. The standard InChI is InChI=1S/C9H14ClIN2S.C2H6/c1-5-8(10)12-9(6-2)13(14-11)7(3)4;1-2/h6H,3,5H2,1-2,4H3;1-2H3/b9-6-,12-8+;. The minimum atomic E-state index is 0.606. The molecular weight excluding hydrogens is 355 g/mol. The van der Waals surface area contributed by atoms with Gasteiger partial charge in [-0.05, 0) is 26.3 Å². The topological polar surface area (TPSA) is 15.6 Å². The molecule has 0 aliphatic rings. The fourth-order valence-corrected chi connectivity index (χ4v) is 2.76. The zero-order chi connectivity index (χ0) is 13.1. The number of halogens is 2. The normalized spacial score (nSPS) is 11.7. The van der Waals surface area contributed by atoms with Gasteiger partial charge in [-0.25, -0.2) is 4.99 Å². The second-order valence-electron chi connectivity index (χ2n) is 2.59. The molecule has 0 saturated heterocycles. The third kappa shape index (κ3) is 7.57. The van der Waals surface area contributed by atoms with Crippen LogP contribution in [0.2, 0.25) is 0 Å². The molecule has 0 aliphatic carbocycles. The molecule has 94 valence electrons. The second-order valence-corrected chi connectivity index (χ2v) is 4.71. The Kier molecular flexibility index (Phi) is 13.8. The summed E-state index contributed by atoms with van der Waals surface area (Å²) < 4.78 is 1.93. The van der Waals surface area contributed by atoms with Crippen LogP contribution in [0.3, 0.4) is 0 Å². The average molecular weight is 375 g/mol. The number of hydrogen-bond donors (Lipinski definition) is 0. The highest BCUT2D eigenvalue weighted by Crippen LogP contribution is 2.29. The Morgan fingerprint density at radius 2 is 2.06 bits per heavy atom. The zero-order valence-electron chi connectivity index (χ0n) is 10.6. The summed E-state index contributed by atoms with van der Waals surface area (Å²) in [6, 6.07) is 0. The van der Waals surface area contributed by atoms with E-state index in [4.69, 9.17) is 11.6 Å². The first-order valence-corrected chi connectivity index (χ1v) is 8.89. The first-order chi connectivity index (χ1) is 7.56. The molecule has 0 atom stereocenters. The van der Waals surface area contributed by atoms with Gasteiger partial charge in [-0.15, -0.1) is 0 Å². The predicted molar refractivity (Wildman–Crippen MR) is 86.9 cm³/mol. The van der Waals surface area contributed by atoms with Gasteiger partial charge in [0.15, 0.2) is 0 Å². The van der Waals surface area contributed by atoms with Crippen molar-refractivity contribution in [1.29, 1.82) is 0 Å². The van der Waals surface area contributed by atoms with Crippen molar-refractivity contribution in [2.45, 2.75) is 41.0 Å². The van der Waals surface area contributed by atoms with Crippen molar-refractivity contribution in [2.24, 2.45) is 4.99 Å². The summed E-state index contributed by atoms with van der Waals surface area (Å²) in [5, 5.41) is 0.606. The van der Waals surface area contributed by atoms with Crippen LogP contribution in [-0.4, -0.2) is 9.48 Å². The largest absolute Gasteiger partial charge is 0.265 e. The average Bonchev–Trinajstić information content (AvgIpc) is 2.30. The molecule has 0 N–H and O–H groups in total. The molecular formula is C11H20ClIN2S. The van der Waals surface area contributed by atoms with E-state index < -0.39 is 0 Å². The van der Waals surface area contributed by atoms with Crippen molar-refractivity contribution in [1.82, 2.24) is 4.31 Å². The van der Waals surface area contributed by atoms with Gasteiger partial charge in [-0.1, -0.05) is 39.0 Å². The molecule has 0 unspecified atom stereocenters. The molecule has 0 saturated carbocycles. The van der Waals surface area contributed by atoms with E-state index in [0.29, 0.717) is 5.17 Å². The predicted octanol–water partition coefficient (Wildman–Crippen LogP) is 5.76. The van der Waals surface area contributed by atoms with Crippen molar-refractivity contribution in [3.05, 3.63) is 24.2 Å². The Balaban J connectivity index is 0. The van der Waals surface area contributed by atoms with Crippen molar-refractivity contribution in [3.8, 4) is 0 Å². The van der Waals surface area contributed by atoms with Crippen LogP contribution in [0.4, 0.5) is 0 Å². The minimum Gasteiger partial charge on any atom is -0.265 e. The lowest BCUT2D eigenvalue weighted by molar-refractivity contribution is 0.702. The van der Waals surface area contributed by atoms with Crippen molar-refractivity contribution >= 4 is 47.1 Å². The summed E-state index contributed by atoms with van der Waals surface area (Å²) in [5.41, 5.74) is 0.932. The quantitative estimate of drug-likeness (QED) is 0.345. The summed E-state index contributed by atoms with van der Waals surface area (Å²) in [5.74, 6) is 0.823. The monoisotopic (exact) mass is 374 g/mol. The van der Waals surface area contributed by atoms with Crippen LogP contribution in [0, 0.1) is 0 Å². The van der Waals surface area contributed by atoms with Crippen LogP contribution >= 0.6 is 41.9 Å². The maximum absolute atomic E-state index is 5.89. The third-order valence-electron chi connectivity index (χ3n) is 1.41. The van der Waals surface area contributed by atoms with E-state index in [-0.39, 0.29) is 0 Å². The van der Waals surface area contributed by atoms with Crippen LogP contribution in [0.25, 0.3) is 0 Å². The van der Waals surface area contributed by atoms with Crippen LogP contribution in [0.15, 0.2) is 29.2 Å². The van der Waals surface area contributed by atoms with E-state index in [2.05, 4.69) is 32.8 Å². The van der Waals surface area contributed by atoms with E-state index in [1.54, 1.807) is 0 Å². The van der Waals surface area contributed by atoms with Crippen molar-refractivity contribution in [2.75, 3.05) is 0 Å². The van der Waals surface area contributed by atoms with E-state index in [0.717, 1.165) is 17.9 Å². The molecule has 5 heteroatoms. The van der Waals surface area contributed by atoms with Crippen LogP contribution in [-0.2, 0) is 0 Å². The zero-order valence-corrected chi connectivity index (χ0v) is 14.3. The molecule has 0 heterocycles. The Morgan fingerprint density at radius 3 is 2.31 bits per heavy atom. The van der Waals surface area contributed by atoms with Crippen molar-refractivity contribution < 1.29 is 0 Å². The Labute approximate surface area is 121 Å². The Hall–Kier alpha value is 0.320. The molecule has 0 fully saturated rings. The highest BCUT2D eigenvalue weighted by atomic mass is 127. The number of aliphatic imine (C=N–C) groups is 1. The van der Waals surface area contributed by atoms with Gasteiger partial charge in [0, 0.05) is 36.0 Å². The molecule has 0 aromatic rings. The summed E-state index contributed by atoms with van der Waals surface area (Å²) in [7, 11) is 1.53. The summed E-state index contributed by atoms with van der Waals surface area (Å²) in [6.07, 6.45) is 2.66. The van der Waals surface area contributed by atoms with E-state index in [1.165, 1.54) is 9.12 Å². The molecule has 0 aromatic carbocycles. The van der Waals surface area contributed by atoms with Gasteiger partial charge >= 0.3 is 0 Å². The van der Waals surface area contributed by atoms with Crippen LogP contribution < -0.4 is 0 Å². The SMILES string of the molecule is C=C(C)N(SI)C(=C\C)/N=C(/Cl)CC.CC. The number of rotatable bonds is 5. The van der Waals surface area contributed by atoms with E-state index >= 15 is 0 Å². The van der Waals surface area contributed by atoms with E-state index in [1.807, 2.05) is 45.0 Å². The Morgan fingerprint density at radius 1 is 1.56 bits per heavy atom. The molecule has 0 amide bonds. The van der Waals surface area contributed by atoms with E-state index in [9.17, 15) is 0 Å². The first-order valence-electron chi connectivity index (χ1n) is 5.20. The molecule has 0 aromatic heterocycles. The second kappa shape index (κ2) is 11.8. The maximum atomic E-state index is 5.89. The molecule has 0 rings (SSSR count). The molecule has 16 heavy (non-hydrogen) atoms. The van der Waals surface area contributed by atoms with Crippen molar-refractivity contribution in [3.63, 3.8) is 0 Å². The molecule has 0 radical (unpaired) electrons. The van der Waals surface area contributed by atoms with Gasteiger partial charge in [0.1, 0.15) is 11.0 Å². The van der Waals surface area contributed by atoms with Gasteiger partial charge in [0.2, 0.25) is 0 Å². The first kappa shape index (κ1) is 18.7. The molecule has 0 aliphatic heterocycles. The number of hydrogen-bond acceptors (Lipinski definition) is 3. The Bertz CT molecular complexity index is 265. The number of allylic oxidation sites excluding steroid dienone is 2. The fraction of sp³-hybridized carbons (Fsp3) is 0.545.